The Morgan fingerprint density at radius 2 is 1.42 bits per heavy atom. The molecule has 1 aromatic heterocycles. The standard InChI is InChI=1S/C21H15NO3S/c23-21(26(24,25)16-9-2-1-3-10-16)18-12-6-5-11-17(18)20-14-15-8-4-7-13-19(15)22-20/h1-14,22H. The molecular weight excluding hydrogens is 346 g/mol. The van der Waals surface area contributed by atoms with Crippen LogP contribution in [0.1, 0.15) is 10.4 Å². The predicted octanol–water partition coefficient (Wildman–Crippen LogP) is 4.45. The quantitative estimate of drug-likeness (QED) is 0.586. The van der Waals surface area contributed by atoms with E-state index in [9.17, 15) is 13.2 Å². The number of carbonyl (C=O) groups excluding carboxylic acids is 1. The molecule has 3 aromatic carbocycles. The van der Waals surface area contributed by atoms with E-state index in [-0.39, 0.29) is 10.5 Å². The molecule has 0 aliphatic heterocycles. The van der Waals surface area contributed by atoms with Gasteiger partial charge >= 0.3 is 0 Å². The van der Waals surface area contributed by atoms with Crippen molar-refractivity contribution in [1.82, 2.24) is 4.98 Å². The van der Waals surface area contributed by atoms with Crippen molar-refractivity contribution in [2.75, 3.05) is 0 Å². The summed E-state index contributed by atoms with van der Waals surface area (Å²) in [4.78, 5) is 16.1. The Kier molecular flexibility index (Phi) is 3.93. The first-order valence-corrected chi connectivity index (χ1v) is 9.57. The molecule has 4 rings (SSSR count). The Morgan fingerprint density at radius 3 is 2.19 bits per heavy atom. The SMILES string of the molecule is O=C(c1ccccc1-c1cc2ccccc2[nH]1)S(=O)(=O)c1ccccc1. The molecule has 0 radical (unpaired) electrons. The van der Waals surface area contributed by atoms with Crippen LogP contribution in [0.3, 0.4) is 0 Å². The third-order valence-corrected chi connectivity index (χ3v) is 5.87. The molecule has 0 atom stereocenters. The van der Waals surface area contributed by atoms with Crippen molar-refractivity contribution < 1.29 is 13.2 Å². The third kappa shape index (κ3) is 2.72. The van der Waals surface area contributed by atoms with E-state index in [4.69, 9.17) is 0 Å². The van der Waals surface area contributed by atoms with Crippen molar-refractivity contribution in [3.63, 3.8) is 0 Å². The molecule has 0 aliphatic rings. The van der Waals surface area contributed by atoms with Gasteiger partial charge in [-0.1, -0.05) is 54.6 Å². The van der Waals surface area contributed by atoms with Crippen molar-refractivity contribution in [3.05, 3.63) is 90.5 Å². The molecule has 0 saturated heterocycles. The molecular formula is C21H15NO3S. The Labute approximate surface area is 151 Å². The van der Waals surface area contributed by atoms with Gasteiger partial charge in [0.05, 0.1) is 4.90 Å². The van der Waals surface area contributed by atoms with E-state index in [1.165, 1.54) is 12.1 Å². The van der Waals surface area contributed by atoms with Crippen LogP contribution < -0.4 is 0 Å². The van der Waals surface area contributed by atoms with E-state index >= 15 is 0 Å². The minimum absolute atomic E-state index is 0.00329. The number of carbonyl (C=O) groups is 1. The maximum Gasteiger partial charge on any atom is 0.282 e. The lowest BCUT2D eigenvalue weighted by Gasteiger charge is -2.08. The van der Waals surface area contributed by atoms with Gasteiger partial charge in [0.15, 0.2) is 0 Å². The predicted molar refractivity (Wildman–Crippen MR) is 102 cm³/mol. The molecule has 5 heteroatoms. The highest BCUT2D eigenvalue weighted by Crippen LogP contribution is 2.29. The van der Waals surface area contributed by atoms with E-state index in [0.717, 1.165) is 10.9 Å². The van der Waals surface area contributed by atoms with E-state index in [2.05, 4.69) is 4.98 Å². The summed E-state index contributed by atoms with van der Waals surface area (Å²) in [7, 11) is -4.11. The van der Waals surface area contributed by atoms with Crippen LogP contribution in [0.15, 0.2) is 89.8 Å². The molecule has 4 nitrogen and oxygen atoms in total. The number of H-pyrrole nitrogens is 1. The summed E-state index contributed by atoms with van der Waals surface area (Å²) >= 11 is 0. The molecule has 1 heterocycles. The number of hydrogen-bond donors (Lipinski definition) is 1. The summed E-state index contributed by atoms with van der Waals surface area (Å²) in [6, 6.07) is 24.2. The first-order chi connectivity index (χ1) is 12.6. The van der Waals surface area contributed by atoms with Gasteiger partial charge in [-0.3, -0.25) is 4.79 Å². The molecule has 0 fully saturated rings. The van der Waals surface area contributed by atoms with E-state index in [1.807, 2.05) is 30.3 Å². The van der Waals surface area contributed by atoms with Crippen LogP contribution in [0.5, 0.6) is 0 Å². The Morgan fingerprint density at radius 1 is 0.769 bits per heavy atom. The van der Waals surface area contributed by atoms with Crippen molar-refractivity contribution >= 4 is 25.9 Å². The normalized spacial score (nSPS) is 11.5. The number of sulfone groups is 1. The van der Waals surface area contributed by atoms with E-state index < -0.39 is 15.0 Å². The van der Waals surface area contributed by atoms with Gasteiger partial charge < -0.3 is 4.98 Å². The van der Waals surface area contributed by atoms with Crippen LogP contribution in [-0.2, 0) is 9.84 Å². The zero-order valence-electron chi connectivity index (χ0n) is 13.7. The Hall–Kier alpha value is -3.18. The maximum atomic E-state index is 12.9. The van der Waals surface area contributed by atoms with Crippen molar-refractivity contribution in [2.45, 2.75) is 4.90 Å². The number of para-hydroxylation sites is 1. The number of nitrogens with one attached hydrogen (secondary N) is 1. The van der Waals surface area contributed by atoms with Gasteiger partial charge in [-0.2, -0.15) is 0 Å². The van der Waals surface area contributed by atoms with Gasteiger partial charge in [-0.25, -0.2) is 8.42 Å². The average Bonchev–Trinajstić information content (AvgIpc) is 3.12. The maximum absolute atomic E-state index is 12.9. The molecule has 0 bridgehead atoms. The minimum Gasteiger partial charge on any atom is -0.355 e. The van der Waals surface area contributed by atoms with Crippen LogP contribution in [-0.4, -0.2) is 18.5 Å². The number of benzene rings is 3. The number of aromatic amines is 1. The van der Waals surface area contributed by atoms with Crippen LogP contribution in [0, 0.1) is 0 Å². The van der Waals surface area contributed by atoms with Gasteiger partial charge in [-0.05, 0) is 30.3 Å². The largest absolute Gasteiger partial charge is 0.355 e. The molecule has 0 amide bonds. The fraction of sp³-hybridized carbons (Fsp3) is 0. The van der Waals surface area contributed by atoms with Gasteiger partial charge in [0, 0.05) is 27.7 Å². The summed E-state index contributed by atoms with van der Waals surface area (Å²) in [5.41, 5.74) is 2.35. The van der Waals surface area contributed by atoms with Crippen LogP contribution >= 0.6 is 0 Å². The van der Waals surface area contributed by atoms with Crippen molar-refractivity contribution in [2.24, 2.45) is 0 Å². The lowest BCUT2D eigenvalue weighted by Crippen LogP contribution is -2.16. The second-order valence-electron chi connectivity index (χ2n) is 5.92. The lowest BCUT2D eigenvalue weighted by atomic mass is 10.1. The molecule has 0 aliphatic carbocycles. The second-order valence-corrected chi connectivity index (χ2v) is 7.77. The highest BCUT2D eigenvalue weighted by atomic mass is 32.2. The number of aromatic nitrogens is 1. The summed E-state index contributed by atoms with van der Waals surface area (Å²) in [6.07, 6.45) is 0. The molecule has 0 spiro atoms. The van der Waals surface area contributed by atoms with Crippen molar-refractivity contribution in [1.29, 1.82) is 0 Å². The van der Waals surface area contributed by atoms with E-state index in [1.54, 1.807) is 42.5 Å². The van der Waals surface area contributed by atoms with Crippen molar-refractivity contribution in [3.8, 4) is 11.3 Å². The summed E-state index contributed by atoms with van der Waals surface area (Å²) in [6.45, 7) is 0. The molecule has 0 saturated carbocycles. The number of rotatable bonds is 3. The molecule has 26 heavy (non-hydrogen) atoms. The summed E-state index contributed by atoms with van der Waals surface area (Å²) in [5.74, 6) is 0. The smallest absolute Gasteiger partial charge is 0.282 e. The molecule has 0 unspecified atom stereocenters. The number of fused-ring (bicyclic) bond motifs is 1. The number of hydrogen-bond acceptors (Lipinski definition) is 3. The molecule has 128 valence electrons. The summed E-state index contributed by atoms with van der Waals surface area (Å²) in [5, 5.41) is 0.0913. The topological polar surface area (TPSA) is 67.0 Å². The zero-order chi connectivity index (χ0) is 18.1. The van der Waals surface area contributed by atoms with E-state index in [0.29, 0.717) is 11.3 Å². The molecule has 4 aromatic rings. The zero-order valence-corrected chi connectivity index (χ0v) is 14.5. The van der Waals surface area contributed by atoms with Crippen LogP contribution in [0.2, 0.25) is 0 Å². The van der Waals surface area contributed by atoms with Crippen LogP contribution in [0.25, 0.3) is 22.2 Å². The first kappa shape index (κ1) is 16.3. The molecule has 1 N–H and O–H groups in total. The van der Waals surface area contributed by atoms with Gasteiger partial charge in [-0.15, -0.1) is 0 Å². The van der Waals surface area contributed by atoms with Gasteiger partial charge in [0.25, 0.3) is 5.12 Å². The van der Waals surface area contributed by atoms with Crippen LogP contribution in [0.4, 0.5) is 0 Å². The Bertz CT molecular complexity index is 1180. The highest BCUT2D eigenvalue weighted by Gasteiger charge is 2.28. The first-order valence-electron chi connectivity index (χ1n) is 8.09. The lowest BCUT2D eigenvalue weighted by molar-refractivity contribution is 0.107. The van der Waals surface area contributed by atoms with Gasteiger partial charge in [0.1, 0.15) is 0 Å². The monoisotopic (exact) mass is 361 g/mol. The fourth-order valence-corrected chi connectivity index (χ4v) is 4.16. The summed E-state index contributed by atoms with van der Waals surface area (Å²) < 4.78 is 25.5. The third-order valence-electron chi connectivity index (χ3n) is 4.26. The van der Waals surface area contributed by atoms with Gasteiger partial charge in [0.2, 0.25) is 9.84 Å². The average molecular weight is 361 g/mol. The minimum atomic E-state index is -4.11. The highest BCUT2D eigenvalue weighted by molar-refractivity contribution is 8.06. The second kappa shape index (κ2) is 6.28. The fourth-order valence-electron chi connectivity index (χ4n) is 2.97. The Balaban J connectivity index is 1.85.